The lowest BCUT2D eigenvalue weighted by Gasteiger charge is -2.40. The third kappa shape index (κ3) is 5.96. The maximum atomic E-state index is 12.5. The van der Waals surface area contributed by atoms with E-state index in [-0.39, 0.29) is 6.04 Å². The van der Waals surface area contributed by atoms with E-state index in [9.17, 15) is 9.59 Å². The average molecular weight is 444 g/mol. The molecule has 2 heterocycles. The normalized spacial score (nSPS) is 15.0. The highest BCUT2D eigenvalue weighted by Crippen LogP contribution is 2.23. The fraction of sp³-hybridized carbons (Fsp3) is 0.269. The molecule has 1 aliphatic rings. The van der Waals surface area contributed by atoms with Gasteiger partial charge in [-0.25, -0.2) is 0 Å². The Kier molecular flexibility index (Phi) is 7.32. The summed E-state index contributed by atoms with van der Waals surface area (Å²) in [5.74, 6) is -1.31. The number of benzene rings is 2. The maximum Gasteiger partial charge on any atom is 0.313 e. The molecule has 0 spiro atoms. The largest absolute Gasteiger partial charge is 0.369 e. The summed E-state index contributed by atoms with van der Waals surface area (Å²) in [6.07, 6.45) is 3.56. The summed E-state index contributed by atoms with van der Waals surface area (Å²) in [7, 11) is 0. The Morgan fingerprint density at radius 3 is 2.42 bits per heavy atom. The van der Waals surface area contributed by atoms with E-state index in [0.29, 0.717) is 12.2 Å². The Morgan fingerprint density at radius 1 is 0.939 bits per heavy atom. The van der Waals surface area contributed by atoms with Crippen molar-refractivity contribution in [1.82, 2.24) is 15.2 Å². The molecule has 2 amide bonds. The zero-order chi connectivity index (χ0) is 23.0. The fourth-order valence-corrected chi connectivity index (χ4v) is 4.14. The lowest BCUT2D eigenvalue weighted by Crippen LogP contribution is -2.50. The van der Waals surface area contributed by atoms with Crippen LogP contribution in [0.2, 0.25) is 0 Å². The highest BCUT2D eigenvalue weighted by molar-refractivity contribution is 6.39. The molecule has 1 aromatic heterocycles. The number of pyridine rings is 1. The standard InChI is InChI=1S/C26H29N5O2/c1-20-7-5-9-22(17-20)29-26(33)25(32)28-19-24(21-8-6-12-27-18-21)31-15-13-30(14-16-31)23-10-3-2-4-11-23/h2-12,17-18,24H,13-16,19H2,1H3,(H,28,32)(H,29,33)/t24-/m1/s1. The van der Waals surface area contributed by atoms with Crippen molar-refractivity contribution in [3.05, 3.63) is 90.3 Å². The van der Waals surface area contributed by atoms with Crippen LogP contribution in [0.25, 0.3) is 0 Å². The van der Waals surface area contributed by atoms with Crippen molar-refractivity contribution < 1.29 is 9.59 Å². The van der Waals surface area contributed by atoms with Gasteiger partial charge < -0.3 is 15.5 Å². The van der Waals surface area contributed by atoms with Crippen molar-refractivity contribution in [1.29, 1.82) is 0 Å². The van der Waals surface area contributed by atoms with Crippen LogP contribution in [0.1, 0.15) is 17.2 Å². The van der Waals surface area contributed by atoms with Gasteiger partial charge in [0.15, 0.2) is 0 Å². The Morgan fingerprint density at radius 2 is 1.73 bits per heavy atom. The van der Waals surface area contributed by atoms with Crippen molar-refractivity contribution in [2.75, 3.05) is 42.9 Å². The van der Waals surface area contributed by atoms with E-state index in [2.05, 4.69) is 49.7 Å². The molecule has 0 bridgehead atoms. The summed E-state index contributed by atoms with van der Waals surface area (Å²) in [6, 6.07) is 21.6. The van der Waals surface area contributed by atoms with Gasteiger partial charge in [0, 0.05) is 56.5 Å². The van der Waals surface area contributed by atoms with Gasteiger partial charge in [-0.05, 0) is 48.4 Å². The van der Waals surface area contributed by atoms with E-state index in [1.54, 1.807) is 12.3 Å². The van der Waals surface area contributed by atoms with Crippen LogP contribution in [0.3, 0.4) is 0 Å². The lowest BCUT2D eigenvalue weighted by atomic mass is 10.1. The quantitative estimate of drug-likeness (QED) is 0.573. The van der Waals surface area contributed by atoms with Crippen molar-refractivity contribution in [2.45, 2.75) is 13.0 Å². The molecule has 2 N–H and O–H groups in total. The third-order valence-corrected chi connectivity index (χ3v) is 5.88. The fourth-order valence-electron chi connectivity index (χ4n) is 4.14. The first-order valence-corrected chi connectivity index (χ1v) is 11.2. The lowest BCUT2D eigenvalue weighted by molar-refractivity contribution is -0.136. The predicted molar refractivity (Wildman–Crippen MR) is 130 cm³/mol. The Balaban J connectivity index is 1.38. The number of nitrogens with zero attached hydrogens (tertiary/aromatic N) is 3. The third-order valence-electron chi connectivity index (χ3n) is 5.88. The summed E-state index contributed by atoms with van der Waals surface area (Å²) in [6.45, 7) is 5.74. The number of nitrogens with one attached hydrogen (secondary N) is 2. The molecule has 7 nitrogen and oxygen atoms in total. The minimum absolute atomic E-state index is 0.0626. The molecule has 0 radical (unpaired) electrons. The van der Waals surface area contributed by atoms with Crippen LogP contribution in [0.5, 0.6) is 0 Å². The van der Waals surface area contributed by atoms with Crippen LogP contribution in [0.15, 0.2) is 79.1 Å². The zero-order valence-corrected chi connectivity index (χ0v) is 18.8. The Hall–Kier alpha value is -3.71. The van der Waals surface area contributed by atoms with Crippen LogP contribution in [-0.2, 0) is 9.59 Å². The van der Waals surface area contributed by atoms with Gasteiger partial charge in [0.05, 0.1) is 6.04 Å². The molecule has 1 fully saturated rings. The average Bonchev–Trinajstić information content (AvgIpc) is 2.85. The first kappa shape index (κ1) is 22.5. The van der Waals surface area contributed by atoms with Crippen LogP contribution in [0, 0.1) is 6.92 Å². The van der Waals surface area contributed by atoms with Gasteiger partial charge in [0.1, 0.15) is 0 Å². The minimum atomic E-state index is -0.667. The first-order valence-electron chi connectivity index (χ1n) is 11.2. The molecule has 1 aliphatic heterocycles. The van der Waals surface area contributed by atoms with Gasteiger partial charge in [-0.1, -0.05) is 36.4 Å². The molecule has 33 heavy (non-hydrogen) atoms. The number of hydrogen-bond acceptors (Lipinski definition) is 5. The number of hydrogen-bond donors (Lipinski definition) is 2. The van der Waals surface area contributed by atoms with Crippen molar-refractivity contribution in [3.8, 4) is 0 Å². The molecular formula is C26H29N5O2. The van der Waals surface area contributed by atoms with Crippen LogP contribution >= 0.6 is 0 Å². The van der Waals surface area contributed by atoms with E-state index in [0.717, 1.165) is 37.3 Å². The minimum Gasteiger partial charge on any atom is -0.369 e. The second-order valence-electron chi connectivity index (χ2n) is 8.19. The van der Waals surface area contributed by atoms with Crippen molar-refractivity contribution in [3.63, 3.8) is 0 Å². The molecule has 0 aliphatic carbocycles. The molecule has 0 saturated carbocycles. The SMILES string of the molecule is Cc1cccc(NC(=O)C(=O)NC[C@H](c2cccnc2)N2CCN(c3ccccc3)CC2)c1. The first-order chi connectivity index (χ1) is 16.1. The van der Waals surface area contributed by atoms with E-state index < -0.39 is 11.8 Å². The molecule has 170 valence electrons. The molecule has 1 atom stereocenters. The van der Waals surface area contributed by atoms with E-state index in [4.69, 9.17) is 0 Å². The molecule has 4 rings (SSSR count). The Labute approximate surface area is 194 Å². The molecule has 3 aromatic rings. The number of para-hydroxylation sites is 1. The summed E-state index contributed by atoms with van der Waals surface area (Å²) in [5, 5.41) is 5.49. The topological polar surface area (TPSA) is 77.6 Å². The highest BCUT2D eigenvalue weighted by atomic mass is 16.2. The number of carbonyl (C=O) groups is 2. The summed E-state index contributed by atoms with van der Waals surface area (Å²) in [4.78, 5) is 33.9. The number of aryl methyl sites for hydroxylation is 1. The highest BCUT2D eigenvalue weighted by Gasteiger charge is 2.26. The van der Waals surface area contributed by atoms with Gasteiger partial charge in [0.25, 0.3) is 0 Å². The van der Waals surface area contributed by atoms with E-state index in [1.807, 2.05) is 49.5 Å². The molecule has 7 heteroatoms. The summed E-state index contributed by atoms with van der Waals surface area (Å²) in [5.41, 5.74) is 3.86. The molecule has 1 saturated heterocycles. The molecule has 2 aromatic carbocycles. The maximum absolute atomic E-state index is 12.5. The molecule has 0 unspecified atom stereocenters. The van der Waals surface area contributed by atoms with Gasteiger partial charge in [-0.2, -0.15) is 0 Å². The Bertz CT molecular complexity index is 1070. The number of aromatic nitrogens is 1. The van der Waals surface area contributed by atoms with Crippen LogP contribution in [0.4, 0.5) is 11.4 Å². The predicted octanol–water partition coefficient (Wildman–Crippen LogP) is 3.01. The van der Waals surface area contributed by atoms with E-state index >= 15 is 0 Å². The van der Waals surface area contributed by atoms with Gasteiger partial charge in [-0.15, -0.1) is 0 Å². The number of anilines is 2. The second-order valence-corrected chi connectivity index (χ2v) is 8.19. The number of carbonyl (C=O) groups excluding carboxylic acids is 2. The van der Waals surface area contributed by atoms with E-state index in [1.165, 1.54) is 5.69 Å². The number of amides is 2. The smallest absolute Gasteiger partial charge is 0.313 e. The van der Waals surface area contributed by atoms with Gasteiger partial charge in [0.2, 0.25) is 0 Å². The van der Waals surface area contributed by atoms with Crippen molar-refractivity contribution in [2.24, 2.45) is 0 Å². The van der Waals surface area contributed by atoms with Gasteiger partial charge in [-0.3, -0.25) is 19.5 Å². The number of rotatable bonds is 6. The van der Waals surface area contributed by atoms with Crippen LogP contribution in [-0.4, -0.2) is 54.4 Å². The summed E-state index contributed by atoms with van der Waals surface area (Å²) >= 11 is 0. The van der Waals surface area contributed by atoms with Crippen LogP contribution < -0.4 is 15.5 Å². The van der Waals surface area contributed by atoms with Gasteiger partial charge >= 0.3 is 11.8 Å². The molecular weight excluding hydrogens is 414 g/mol. The summed E-state index contributed by atoms with van der Waals surface area (Å²) < 4.78 is 0. The zero-order valence-electron chi connectivity index (χ0n) is 18.8. The van der Waals surface area contributed by atoms with Crippen molar-refractivity contribution >= 4 is 23.2 Å². The second kappa shape index (κ2) is 10.7. The monoisotopic (exact) mass is 443 g/mol. The number of piperazine rings is 1.